The maximum absolute atomic E-state index is 11.1. The predicted octanol–water partition coefficient (Wildman–Crippen LogP) is 1.46. The number of fused-ring (bicyclic) bond motifs is 1. The highest BCUT2D eigenvalue weighted by atomic mass is 16.4. The molecule has 1 saturated carbocycles. The predicted molar refractivity (Wildman–Crippen MR) is 73.2 cm³/mol. The summed E-state index contributed by atoms with van der Waals surface area (Å²) in [5, 5.41) is 20.8. The van der Waals surface area contributed by atoms with Gasteiger partial charge in [0.25, 0.3) is 0 Å². The lowest BCUT2D eigenvalue weighted by molar-refractivity contribution is -0.143. The van der Waals surface area contributed by atoms with E-state index in [0.29, 0.717) is 13.0 Å². The zero-order valence-corrected chi connectivity index (χ0v) is 11.2. The van der Waals surface area contributed by atoms with Gasteiger partial charge in [-0.25, -0.2) is 0 Å². The Morgan fingerprint density at radius 1 is 1.40 bits per heavy atom. The van der Waals surface area contributed by atoms with Crippen LogP contribution in [0.3, 0.4) is 0 Å². The number of rotatable bonds is 4. The van der Waals surface area contributed by atoms with Crippen molar-refractivity contribution in [2.45, 2.75) is 38.3 Å². The molecule has 0 spiro atoms. The van der Waals surface area contributed by atoms with Gasteiger partial charge in [-0.3, -0.25) is 9.20 Å². The van der Waals surface area contributed by atoms with Crippen molar-refractivity contribution in [3.63, 3.8) is 0 Å². The third-order valence-corrected chi connectivity index (χ3v) is 3.96. The molecule has 2 N–H and O–H groups in total. The average Bonchev–Trinajstić information content (AvgIpc) is 2.89. The molecule has 2 aromatic rings. The Morgan fingerprint density at radius 3 is 3.15 bits per heavy atom. The van der Waals surface area contributed by atoms with Crippen LogP contribution in [-0.4, -0.2) is 31.7 Å². The van der Waals surface area contributed by atoms with Gasteiger partial charge in [0.05, 0.1) is 12.5 Å². The van der Waals surface area contributed by atoms with Crippen molar-refractivity contribution < 1.29 is 9.90 Å². The van der Waals surface area contributed by atoms with E-state index in [1.165, 1.54) is 0 Å². The SMILES string of the molecule is O=C(O)C1CCCC(NCc2nnc3ccccn23)C1. The van der Waals surface area contributed by atoms with Crippen LogP contribution >= 0.6 is 0 Å². The molecule has 106 valence electrons. The van der Waals surface area contributed by atoms with Gasteiger partial charge < -0.3 is 10.4 Å². The quantitative estimate of drug-likeness (QED) is 0.882. The van der Waals surface area contributed by atoms with Crippen LogP contribution in [0, 0.1) is 5.92 Å². The highest BCUT2D eigenvalue weighted by Crippen LogP contribution is 2.24. The normalized spacial score (nSPS) is 23.0. The number of aliphatic carboxylic acids is 1. The van der Waals surface area contributed by atoms with E-state index in [0.717, 1.165) is 30.7 Å². The number of carboxylic acid groups (broad SMARTS) is 1. The summed E-state index contributed by atoms with van der Waals surface area (Å²) in [5.41, 5.74) is 0.830. The van der Waals surface area contributed by atoms with Gasteiger partial charge in [0.1, 0.15) is 0 Å². The molecule has 0 saturated heterocycles. The summed E-state index contributed by atoms with van der Waals surface area (Å²) >= 11 is 0. The third kappa shape index (κ3) is 2.65. The van der Waals surface area contributed by atoms with Crippen molar-refractivity contribution in [2.75, 3.05) is 0 Å². The van der Waals surface area contributed by atoms with Crippen LogP contribution in [0.2, 0.25) is 0 Å². The number of hydrogen-bond donors (Lipinski definition) is 2. The minimum Gasteiger partial charge on any atom is -0.481 e. The Kier molecular flexibility index (Phi) is 3.64. The molecule has 1 aliphatic rings. The molecule has 0 aromatic carbocycles. The van der Waals surface area contributed by atoms with Gasteiger partial charge in [0, 0.05) is 12.2 Å². The van der Waals surface area contributed by atoms with Crippen molar-refractivity contribution in [1.82, 2.24) is 19.9 Å². The Bertz CT molecular complexity index is 610. The largest absolute Gasteiger partial charge is 0.481 e. The number of aromatic nitrogens is 3. The maximum Gasteiger partial charge on any atom is 0.306 e. The Morgan fingerprint density at radius 2 is 2.30 bits per heavy atom. The van der Waals surface area contributed by atoms with E-state index in [-0.39, 0.29) is 12.0 Å². The highest BCUT2D eigenvalue weighted by molar-refractivity contribution is 5.70. The van der Waals surface area contributed by atoms with Crippen molar-refractivity contribution >= 4 is 11.6 Å². The molecule has 0 radical (unpaired) electrons. The van der Waals surface area contributed by atoms with Crippen LogP contribution in [0.4, 0.5) is 0 Å². The van der Waals surface area contributed by atoms with Gasteiger partial charge >= 0.3 is 5.97 Å². The van der Waals surface area contributed by atoms with Crippen LogP contribution in [0.5, 0.6) is 0 Å². The molecule has 1 fully saturated rings. The zero-order chi connectivity index (χ0) is 13.9. The second-order valence-corrected chi connectivity index (χ2v) is 5.32. The summed E-state index contributed by atoms with van der Waals surface area (Å²) in [6.45, 7) is 0.613. The van der Waals surface area contributed by atoms with Gasteiger partial charge in [-0.15, -0.1) is 10.2 Å². The number of nitrogens with zero attached hydrogens (tertiary/aromatic N) is 3. The maximum atomic E-state index is 11.1. The summed E-state index contributed by atoms with van der Waals surface area (Å²) in [7, 11) is 0. The lowest BCUT2D eigenvalue weighted by Gasteiger charge is -2.27. The van der Waals surface area contributed by atoms with Crippen molar-refractivity contribution in [3.05, 3.63) is 30.2 Å². The van der Waals surface area contributed by atoms with E-state index in [1.807, 2.05) is 28.8 Å². The van der Waals surface area contributed by atoms with E-state index >= 15 is 0 Å². The fraction of sp³-hybridized carbons (Fsp3) is 0.500. The Labute approximate surface area is 116 Å². The molecule has 6 nitrogen and oxygen atoms in total. The van der Waals surface area contributed by atoms with Crippen LogP contribution in [0.1, 0.15) is 31.5 Å². The molecule has 2 aromatic heterocycles. The lowest BCUT2D eigenvalue weighted by Crippen LogP contribution is -2.36. The molecule has 0 amide bonds. The third-order valence-electron chi connectivity index (χ3n) is 3.96. The fourth-order valence-electron chi connectivity index (χ4n) is 2.85. The standard InChI is InChI=1S/C14H18N4O2/c19-14(20)10-4-3-5-11(8-10)15-9-13-17-16-12-6-1-2-7-18(12)13/h1-2,6-7,10-11,15H,3-5,8-9H2,(H,19,20). The van der Waals surface area contributed by atoms with E-state index in [1.54, 1.807) is 0 Å². The Balaban J connectivity index is 1.63. The number of hydrogen-bond acceptors (Lipinski definition) is 4. The molecule has 3 rings (SSSR count). The van der Waals surface area contributed by atoms with Crippen LogP contribution < -0.4 is 5.32 Å². The molecule has 20 heavy (non-hydrogen) atoms. The van der Waals surface area contributed by atoms with Crippen molar-refractivity contribution in [2.24, 2.45) is 5.92 Å². The summed E-state index contributed by atoms with van der Waals surface area (Å²) in [5.74, 6) is -0.0288. The second kappa shape index (κ2) is 5.58. The fourth-order valence-corrected chi connectivity index (χ4v) is 2.85. The van der Waals surface area contributed by atoms with E-state index in [9.17, 15) is 4.79 Å². The lowest BCUT2D eigenvalue weighted by atomic mass is 9.86. The number of carbonyl (C=O) groups is 1. The summed E-state index contributed by atoms with van der Waals surface area (Å²) in [6, 6.07) is 6.04. The first-order valence-corrected chi connectivity index (χ1v) is 6.99. The molecule has 2 heterocycles. The zero-order valence-electron chi connectivity index (χ0n) is 11.2. The Hall–Kier alpha value is -1.95. The first-order chi connectivity index (χ1) is 9.74. The smallest absolute Gasteiger partial charge is 0.306 e. The summed E-state index contributed by atoms with van der Waals surface area (Å²) in [6.07, 6.45) is 5.43. The van der Waals surface area contributed by atoms with E-state index < -0.39 is 5.97 Å². The number of carboxylic acids is 1. The molecular weight excluding hydrogens is 256 g/mol. The molecule has 6 heteroatoms. The van der Waals surface area contributed by atoms with E-state index in [4.69, 9.17) is 5.11 Å². The second-order valence-electron chi connectivity index (χ2n) is 5.32. The van der Waals surface area contributed by atoms with Gasteiger partial charge in [0.2, 0.25) is 0 Å². The topological polar surface area (TPSA) is 79.5 Å². The monoisotopic (exact) mass is 274 g/mol. The number of pyridine rings is 1. The molecule has 0 aliphatic heterocycles. The van der Waals surface area contributed by atoms with Crippen LogP contribution in [-0.2, 0) is 11.3 Å². The van der Waals surface area contributed by atoms with Crippen molar-refractivity contribution in [3.8, 4) is 0 Å². The van der Waals surface area contributed by atoms with Gasteiger partial charge in [0.15, 0.2) is 11.5 Å². The minimum absolute atomic E-state index is 0.212. The first-order valence-electron chi connectivity index (χ1n) is 6.99. The van der Waals surface area contributed by atoms with Crippen molar-refractivity contribution in [1.29, 1.82) is 0 Å². The summed E-state index contributed by atoms with van der Waals surface area (Å²) in [4.78, 5) is 11.1. The minimum atomic E-state index is -0.676. The molecular formula is C14H18N4O2. The summed E-state index contributed by atoms with van der Waals surface area (Å²) < 4.78 is 1.95. The van der Waals surface area contributed by atoms with Gasteiger partial charge in [-0.2, -0.15) is 0 Å². The average molecular weight is 274 g/mol. The van der Waals surface area contributed by atoms with E-state index in [2.05, 4.69) is 15.5 Å². The highest BCUT2D eigenvalue weighted by Gasteiger charge is 2.26. The molecule has 0 bridgehead atoms. The molecule has 2 atom stereocenters. The number of nitrogens with one attached hydrogen (secondary N) is 1. The van der Waals surface area contributed by atoms with Crippen LogP contribution in [0.15, 0.2) is 24.4 Å². The molecule has 2 unspecified atom stereocenters. The van der Waals surface area contributed by atoms with Gasteiger partial charge in [-0.05, 0) is 31.4 Å². The van der Waals surface area contributed by atoms with Gasteiger partial charge in [-0.1, -0.05) is 12.5 Å². The first kappa shape index (κ1) is 13.1. The van der Waals surface area contributed by atoms with Crippen LogP contribution in [0.25, 0.3) is 5.65 Å². The molecule has 1 aliphatic carbocycles.